The summed E-state index contributed by atoms with van der Waals surface area (Å²) >= 11 is 0. The summed E-state index contributed by atoms with van der Waals surface area (Å²) in [7, 11) is 2.01. The number of hydrogen-bond donors (Lipinski definition) is 1. The third kappa shape index (κ3) is 6.09. The fourth-order valence-corrected chi connectivity index (χ4v) is 0.638. The van der Waals surface area contributed by atoms with Gasteiger partial charge in [0.15, 0.2) is 0 Å². The molecule has 0 aromatic heterocycles. The molecule has 0 aromatic carbocycles. The second kappa shape index (κ2) is 8.96. The summed E-state index contributed by atoms with van der Waals surface area (Å²) in [5, 5.41) is 3.22. The lowest BCUT2D eigenvalue weighted by molar-refractivity contribution is 0.415. The van der Waals surface area contributed by atoms with Gasteiger partial charge in [-0.3, -0.25) is 0 Å². The van der Waals surface area contributed by atoms with Crippen LogP contribution in [0.5, 0.6) is 0 Å². The second-order valence-electron chi connectivity index (χ2n) is 2.46. The van der Waals surface area contributed by atoms with Gasteiger partial charge in [-0.25, -0.2) is 0 Å². The molecule has 0 aromatic rings. The number of hydrogen-bond acceptors (Lipinski definition) is 1. The van der Waals surface area contributed by atoms with Crippen LogP contribution in [-0.4, -0.2) is 13.1 Å². The molecule has 10 heavy (non-hydrogen) atoms. The lowest BCUT2D eigenvalue weighted by Gasteiger charge is -2.16. The lowest BCUT2D eigenvalue weighted by atomic mass is 10.0. The van der Waals surface area contributed by atoms with Crippen molar-refractivity contribution in [3.8, 4) is 0 Å². The van der Waals surface area contributed by atoms with Crippen LogP contribution in [0.2, 0.25) is 0 Å². The molecule has 0 aliphatic carbocycles. The van der Waals surface area contributed by atoms with Crippen molar-refractivity contribution >= 4 is 0 Å². The second-order valence-corrected chi connectivity index (χ2v) is 2.46. The van der Waals surface area contributed by atoms with Crippen molar-refractivity contribution in [2.75, 3.05) is 7.05 Å². The minimum Gasteiger partial charge on any atom is -0.317 e. The van der Waals surface area contributed by atoms with Crippen molar-refractivity contribution in [2.45, 2.75) is 48.1 Å². The van der Waals surface area contributed by atoms with Gasteiger partial charge in [0.1, 0.15) is 0 Å². The average Bonchev–Trinajstić information content (AvgIpc) is 1.84. The first kappa shape index (κ1) is 16.5. The molecular formula is C9H25N. The van der Waals surface area contributed by atoms with Crippen LogP contribution in [-0.2, 0) is 0 Å². The molecule has 1 nitrogen and oxygen atoms in total. The van der Waals surface area contributed by atoms with Crippen LogP contribution in [0, 0.1) is 5.92 Å². The third-order valence-corrected chi connectivity index (χ3v) is 1.95. The van der Waals surface area contributed by atoms with Gasteiger partial charge in [-0.1, -0.05) is 35.1 Å². The molecule has 0 amide bonds. The van der Waals surface area contributed by atoms with Crippen molar-refractivity contribution in [3.05, 3.63) is 0 Å². The van der Waals surface area contributed by atoms with E-state index in [1.807, 2.05) is 7.05 Å². The van der Waals surface area contributed by atoms with Crippen LogP contribution < -0.4 is 5.32 Å². The summed E-state index contributed by atoms with van der Waals surface area (Å²) in [5.74, 6) is 0.806. The van der Waals surface area contributed by atoms with E-state index in [1.165, 1.54) is 6.42 Å². The Morgan fingerprint density at radius 1 is 1.20 bits per heavy atom. The van der Waals surface area contributed by atoms with Gasteiger partial charge in [0.05, 0.1) is 0 Å². The fraction of sp³-hybridized carbons (Fsp3) is 1.00. The van der Waals surface area contributed by atoms with Crippen LogP contribution >= 0.6 is 0 Å². The van der Waals surface area contributed by atoms with Crippen molar-refractivity contribution < 1.29 is 0 Å². The minimum atomic E-state index is 0. The first-order chi connectivity index (χ1) is 3.72. The fourth-order valence-electron chi connectivity index (χ4n) is 0.638. The Hall–Kier alpha value is -0.0400. The molecule has 1 heteroatoms. The van der Waals surface area contributed by atoms with E-state index in [9.17, 15) is 0 Å². The summed E-state index contributed by atoms with van der Waals surface area (Å²) in [5.41, 5.74) is 0. The molecule has 0 spiro atoms. The molecule has 0 radical (unpaired) electrons. The van der Waals surface area contributed by atoms with Gasteiger partial charge in [-0.15, -0.1) is 0 Å². The van der Waals surface area contributed by atoms with Gasteiger partial charge in [-0.2, -0.15) is 0 Å². The smallest absolute Gasteiger partial charge is 0.00612 e. The van der Waals surface area contributed by atoms with Crippen LogP contribution in [0.4, 0.5) is 0 Å². The quantitative estimate of drug-likeness (QED) is 0.647. The van der Waals surface area contributed by atoms with E-state index in [-0.39, 0.29) is 14.9 Å². The molecule has 2 unspecified atom stereocenters. The molecule has 0 fully saturated rings. The Morgan fingerprint density at radius 2 is 1.60 bits per heavy atom. The molecule has 0 saturated carbocycles. The Bertz CT molecular complexity index is 44.7. The van der Waals surface area contributed by atoms with E-state index in [2.05, 4.69) is 26.1 Å². The summed E-state index contributed by atoms with van der Waals surface area (Å²) in [6.45, 7) is 6.70. The highest BCUT2D eigenvalue weighted by atomic mass is 14.9. The van der Waals surface area contributed by atoms with Gasteiger partial charge in [-0.05, 0) is 19.9 Å². The Kier molecular flexibility index (Phi) is 14.8. The highest BCUT2D eigenvalue weighted by molar-refractivity contribution is 4.63. The van der Waals surface area contributed by atoms with Crippen LogP contribution in [0.1, 0.15) is 42.0 Å². The third-order valence-electron chi connectivity index (χ3n) is 1.95. The molecule has 2 atom stereocenters. The summed E-state index contributed by atoms with van der Waals surface area (Å²) in [4.78, 5) is 0. The van der Waals surface area contributed by atoms with Crippen molar-refractivity contribution in [1.82, 2.24) is 5.32 Å². The van der Waals surface area contributed by atoms with E-state index >= 15 is 0 Å². The zero-order valence-corrected chi connectivity index (χ0v) is 6.36. The van der Waals surface area contributed by atoms with E-state index < -0.39 is 0 Å². The van der Waals surface area contributed by atoms with Gasteiger partial charge in [0, 0.05) is 6.04 Å². The molecule has 66 valence electrons. The Balaban J connectivity index is -0.000000245. The van der Waals surface area contributed by atoms with Crippen LogP contribution in [0.25, 0.3) is 0 Å². The van der Waals surface area contributed by atoms with E-state index in [4.69, 9.17) is 0 Å². The maximum atomic E-state index is 3.22. The Morgan fingerprint density at radius 3 is 1.70 bits per heavy atom. The minimum absolute atomic E-state index is 0. The average molecular weight is 147 g/mol. The van der Waals surface area contributed by atoms with Crippen molar-refractivity contribution in [3.63, 3.8) is 0 Å². The molecule has 1 N–H and O–H groups in total. The topological polar surface area (TPSA) is 12.0 Å². The zero-order valence-electron chi connectivity index (χ0n) is 6.36. The van der Waals surface area contributed by atoms with E-state index in [1.54, 1.807) is 0 Å². The Labute approximate surface area is 67.2 Å². The molecule has 0 rings (SSSR count). The van der Waals surface area contributed by atoms with Crippen molar-refractivity contribution in [2.24, 2.45) is 5.92 Å². The number of rotatable bonds is 3. The van der Waals surface area contributed by atoms with E-state index in [0.717, 1.165) is 5.92 Å². The van der Waals surface area contributed by atoms with Crippen LogP contribution in [0.3, 0.4) is 0 Å². The normalized spacial score (nSPS) is 14.4. The van der Waals surface area contributed by atoms with Crippen molar-refractivity contribution in [1.29, 1.82) is 0 Å². The number of nitrogens with one attached hydrogen (secondary N) is 1. The molecule has 0 bridgehead atoms. The summed E-state index contributed by atoms with van der Waals surface area (Å²) < 4.78 is 0. The highest BCUT2D eigenvalue weighted by Gasteiger charge is 2.05. The summed E-state index contributed by atoms with van der Waals surface area (Å²) in [6, 6.07) is 0.667. The first-order valence-corrected chi connectivity index (χ1v) is 3.39. The highest BCUT2D eigenvalue weighted by Crippen LogP contribution is 2.04. The summed E-state index contributed by atoms with van der Waals surface area (Å²) in [6.07, 6.45) is 1.27. The van der Waals surface area contributed by atoms with Gasteiger partial charge < -0.3 is 5.32 Å². The maximum Gasteiger partial charge on any atom is 0.00612 e. The molecular weight excluding hydrogens is 122 g/mol. The first-order valence-electron chi connectivity index (χ1n) is 3.39. The molecule has 0 heterocycles. The predicted molar refractivity (Wildman–Crippen MR) is 51.4 cm³/mol. The zero-order chi connectivity index (χ0) is 6.57. The largest absolute Gasteiger partial charge is 0.317 e. The molecule has 0 aliphatic rings. The van der Waals surface area contributed by atoms with Gasteiger partial charge in [0.25, 0.3) is 0 Å². The van der Waals surface area contributed by atoms with E-state index in [0.29, 0.717) is 6.04 Å². The monoisotopic (exact) mass is 147 g/mol. The molecule has 0 saturated heterocycles. The van der Waals surface area contributed by atoms with Gasteiger partial charge >= 0.3 is 0 Å². The van der Waals surface area contributed by atoms with Crippen LogP contribution in [0.15, 0.2) is 0 Å². The lowest BCUT2D eigenvalue weighted by Crippen LogP contribution is -2.27. The SMILES string of the molecule is C.C.CCC(C)C(C)NC. The standard InChI is InChI=1S/C7H17N.2CH4/c1-5-6(2)7(3)8-4;;/h6-8H,5H2,1-4H3;2*1H4. The predicted octanol–water partition coefficient (Wildman–Crippen LogP) is 2.91. The molecule has 0 aliphatic heterocycles. The van der Waals surface area contributed by atoms with Gasteiger partial charge in [0.2, 0.25) is 0 Å². The maximum absolute atomic E-state index is 3.22.